The molecule has 1 aromatic heterocycles. The van der Waals surface area contributed by atoms with Crippen molar-refractivity contribution in [3.05, 3.63) is 64.1 Å². The first kappa shape index (κ1) is 22.8. The number of benzene rings is 2. The summed E-state index contributed by atoms with van der Waals surface area (Å²) < 4.78 is 12.4. The van der Waals surface area contributed by atoms with Crippen LogP contribution in [0.25, 0.3) is 10.8 Å². The first-order chi connectivity index (χ1) is 15.5. The smallest absolute Gasteiger partial charge is 0.290 e. The van der Waals surface area contributed by atoms with Gasteiger partial charge >= 0.3 is 0 Å². The number of hydrogen-bond donors (Lipinski definition) is 2. The van der Waals surface area contributed by atoms with Crippen LogP contribution in [0.5, 0.6) is 11.5 Å². The molecule has 0 aliphatic carbocycles. The number of fused-ring (bicyclic) bond motifs is 1. The number of aryl methyl sites for hydroxylation is 1. The number of carbonyl (C=O) groups is 2. The van der Waals surface area contributed by atoms with E-state index in [1.165, 1.54) is 4.68 Å². The van der Waals surface area contributed by atoms with E-state index in [1.807, 2.05) is 13.8 Å². The average molecular weight is 438 g/mol. The van der Waals surface area contributed by atoms with Crippen molar-refractivity contribution in [2.75, 3.05) is 13.2 Å². The van der Waals surface area contributed by atoms with Crippen LogP contribution >= 0.6 is 0 Å². The predicted molar refractivity (Wildman–Crippen MR) is 120 cm³/mol. The molecule has 9 heteroatoms. The van der Waals surface area contributed by atoms with Gasteiger partial charge in [0.1, 0.15) is 0 Å². The summed E-state index contributed by atoms with van der Waals surface area (Å²) in [7, 11) is 0. The molecule has 0 saturated carbocycles. The highest BCUT2D eigenvalue weighted by molar-refractivity contribution is 6.06. The molecule has 0 fully saturated rings. The summed E-state index contributed by atoms with van der Waals surface area (Å²) in [6, 6.07) is 11.5. The van der Waals surface area contributed by atoms with E-state index in [-0.39, 0.29) is 16.8 Å². The average Bonchev–Trinajstić information content (AvgIpc) is 2.82. The van der Waals surface area contributed by atoms with Gasteiger partial charge in [-0.05, 0) is 44.5 Å². The van der Waals surface area contributed by atoms with E-state index in [1.54, 1.807) is 49.4 Å². The first-order valence-corrected chi connectivity index (χ1v) is 10.5. The summed E-state index contributed by atoms with van der Waals surface area (Å²) in [5.74, 6) is -0.173. The molecule has 0 saturated heterocycles. The van der Waals surface area contributed by atoms with Crippen molar-refractivity contribution >= 4 is 22.6 Å². The van der Waals surface area contributed by atoms with Crippen molar-refractivity contribution in [3.63, 3.8) is 0 Å². The molecule has 168 valence electrons. The lowest BCUT2D eigenvalue weighted by atomic mass is 10.1. The maximum Gasteiger partial charge on any atom is 0.290 e. The van der Waals surface area contributed by atoms with Crippen LogP contribution in [0, 0.1) is 0 Å². The second-order valence-electron chi connectivity index (χ2n) is 6.87. The number of carbonyl (C=O) groups excluding carboxylic acids is 2. The molecule has 0 aliphatic rings. The Balaban J connectivity index is 1.79. The zero-order valence-corrected chi connectivity index (χ0v) is 18.3. The van der Waals surface area contributed by atoms with Gasteiger partial charge in [0.15, 0.2) is 17.2 Å². The van der Waals surface area contributed by atoms with E-state index >= 15 is 0 Å². The SMILES string of the molecule is CCCOc1ccc(C(=O)NNC(=O)c2nn(CC)c(=O)c3ccccc23)cc1OCC. The van der Waals surface area contributed by atoms with E-state index < -0.39 is 11.8 Å². The van der Waals surface area contributed by atoms with Gasteiger partial charge < -0.3 is 9.47 Å². The molecule has 2 amide bonds. The minimum atomic E-state index is -0.635. The summed E-state index contributed by atoms with van der Waals surface area (Å²) in [5, 5.41) is 4.94. The Morgan fingerprint density at radius 3 is 2.34 bits per heavy atom. The van der Waals surface area contributed by atoms with Crippen molar-refractivity contribution in [2.24, 2.45) is 0 Å². The van der Waals surface area contributed by atoms with Crippen molar-refractivity contribution in [2.45, 2.75) is 33.7 Å². The first-order valence-electron chi connectivity index (χ1n) is 10.5. The summed E-state index contributed by atoms with van der Waals surface area (Å²) in [4.78, 5) is 37.8. The topological polar surface area (TPSA) is 112 Å². The van der Waals surface area contributed by atoms with Gasteiger partial charge in [0.2, 0.25) is 0 Å². The Labute approximate surface area is 185 Å². The monoisotopic (exact) mass is 438 g/mol. The Hall–Kier alpha value is -3.88. The minimum Gasteiger partial charge on any atom is -0.490 e. The molecule has 0 radical (unpaired) electrons. The fraction of sp³-hybridized carbons (Fsp3) is 0.304. The molecule has 32 heavy (non-hydrogen) atoms. The molecular weight excluding hydrogens is 412 g/mol. The molecule has 2 N–H and O–H groups in total. The number of nitrogens with zero attached hydrogens (tertiary/aromatic N) is 2. The molecule has 0 atom stereocenters. The predicted octanol–water partition coefficient (Wildman–Crippen LogP) is 2.68. The second-order valence-corrected chi connectivity index (χ2v) is 6.87. The molecule has 0 bridgehead atoms. The summed E-state index contributed by atoms with van der Waals surface area (Å²) in [6.07, 6.45) is 0.841. The largest absolute Gasteiger partial charge is 0.490 e. The number of hydrazine groups is 1. The van der Waals surface area contributed by atoms with E-state index in [9.17, 15) is 14.4 Å². The highest BCUT2D eigenvalue weighted by Gasteiger charge is 2.18. The number of ether oxygens (including phenoxy) is 2. The number of amides is 2. The highest BCUT2D eigenvalue weighted by atomic mass is 16.5. The van der Waals surface area contributed by atoms with Crippen molar-refractivity contribution < 1.29 is 19.1 Å². The van der Waals surface area contributed by atoms with E-state index in [0.29, 0.717) is 42.0 Å². The maximum atomic E-state index is 12.8. The number of aromatic nitrogens is 2. The van der Waals surface area contributed by atoms with Crippen LogP contribution in [0.3, 0.4) is 0 Å². The third kappa shape index (κ3) is 4.88. The van der Waals surface area contributed by atoms with Crippen LogP contribution in [0.2, 0.25) is 0 Å². The second kappa shape index (κ2) is 10.4. The standard InChI is InChI=1S/C23H26N4O5/c1-4-13-32-18-12-11-15(14-19(18)31-6-3)21(28)24-25-22(29)20-16-9-7-8-10-17(16)23(30)27(5-2)26-20/h7-12,14H,4-6,13H2,1-3H3,(H,24,28)(H,25,29). The van der Waals surface area contributed by atoms with Gasteiger partial charge in [0.25, 0.3) is 17.4 Å². The number of nitrogens with one attached hydrogen (secondary N) is 2. The lowest BCUT2D eigenvalue weighted by molar-refractivity contribution is 0.0843. The quantitative estimate of drug-likeness (QED) is 0.523. The number of rotatable bonds is 8. The fourth-order valence-electron chi connectivity index (χ4n) is 3.11. The van der Waals surface area contributed by atoms with Gasteiger partial charge in [0, 0.05) is 17.5 Å². The molecule has 3 rings (SSSR count). The van der Waals surface area contributed by atoms with Gasteiger partial charge in [-0.1, -0.05) is 25.1 Å². The van der Waals surface area contributed by atoms with Crippen LogP contribution < -0.4 is 25.9 Å². The maximum absolute atomic E-state index is 12.8. The molecule has 0 aliphatic heterocycles. The molecule has 3 aromatic rings. The van der Waals surface area contributed by atoms with Gasteiger partial charge in [-0.25, -0.2) is 4.68 Å². The molecular formula is C23H26N4O5. The zero-order chi connectivity index (χ0) is 23.1. The molecule has 0 unspecified atom stereocenters. The Morgan fingerprint density at radius 2 is 1.66 bits per heavy atom. The summed E-state index contributed by atoms with van der Waals surface area (Å²) >= 11 is 0. The molecule has 9 nitrogen and oxygen atoms in total. The lowest BCUT2D eigenvalue weighted by Gasteiger charge is -2.14. The molecule has 0 spiro atoms. The Morgan fingerprint density at radius 1 is 0.938 bits per heavy atom. The summed E-state index contributed by atoms with van der Waals surface area (Å²) in [5.41, 5.74) is 4.80. The van der Waals surface area contributed by atoms with Crippen molar-refractivity contribution in [3.8, 4) is 11.5 Å². The van der Waals surface area contributed by atoms with Gasteiger partial charge in [-0.15, -0.1) is 0 Å². The number of hydrogen-bond acceptors (Lipinski definition) is 6. The minimum absolute atomic E-state index is 0.0423. The normalized spacial score (nSPS) is 10.6. The van der Waals surface area contributed by atoms with E-state index in [4.69, 9.17) is 9.47 Å². The van der Waals surface area contributed by atoms with Crippen LogP contribution in [-0.2, 0) is 6.54 Å². The van der Waals surface area contributed by atoms with Gasteiger partial charge in [0.05, 0.1) is 18.6 Å². The fourth-order valence-corrected chi connectivity index (χ4v) is 3.11. The Bertz CT molecular complexity index is 1190. The van der Waals surface area contributed by atoms with Crippen LogP contribution in [0.4, 0.5) is 0 Å². The van der Waals surface area contributed by atoms with Crippen LogP contribution in [-0.4, -0.2) is 34.8 Å². The molecule has 2 aromatic carbocycles. The van der Waals surface area contributed by atoms with Crippen molar-refractivity contribution in [1.82, 2.24) is 20.6 Å². The van der Waals surface area contributed by atoms with Gasteiger partial charge in [-0.3, -0.25) is 25.2 Å². The van der Waals surface area contributed by atoms with Crippen LogP contribution in [0.15, 0.2) is 47.3 Å². The van der Waals surface area contributed by atoms with Crippen molar-refractivity contribution in [1.29, 1.82) is 0 Å². The van der Waals surface area contributed by atoms with Gasteiger partial charge in [-0.2, -0.15) is 5.10 Å². The highest BCUT2D eigenvalue weighted by Crippen LogP contribution is 2.28. The van der Waals surface area contributed by atoms with E-state index in [0.717, 1.165) is 6.42 Å². The third-order valence-corrected chi connectivity index (χ3v) is 4.64. The third-order valence-electron chi connectivity index (χ3n) is 4.64. The molecule has 1 heterocycles. The zero-order valence-electron chi connectivity index (χ0n) is 18.3. The lowest BCUT2D eigenvalue weighted by Crippen LogP contribution is -2.42. The van der Waals surface area contributed by atoms with E-state index in [2.05, 4.69) is 16.0 Å². The summed E-state index contributed by atoms with van der Waals surface area (Å²) in [6.45, 7) is 6.84. The Kier molecular flexibility index (Phi) is 7.43. The van der Waals surface area contributed by atoms with Crippen LogP contribution in [0.1, 0.15) is 48.0 Å².